The van der Waals surface area contributed by atoms with Crippen LogP contribution in [-0.2, 0) is 15.9 Å². The zero-order valence-corrected chi connectivity index (χ0v) is 22.1. The van der Waals surface area contributed by atoms with Gasteiger partial charge < -0.3 is 24.8 Å². The molecule has 3 rings (SSSR count). The van der Waals surface area contributed by atoms with Gasteiger partial charge in [-0.2, -0.15) is 5.10 Å². The third-order valence-corrected chi connectivity index (χ3v) is 7.12. The molecule has 1 aromatic heterocycles. The summed E-state index contributed by atoms with van der Waals surface area (Å²) < 4.78 is 13.4. The van der Waals surface area contributed by atoms with Crippen LogP contribution in [0.3, 0.4) is 0 Å². The van der Waals surface area contributed by atoms with E-state index < -0.39 is 5.60 Å². The summed E-state index contributed by atoms with van der Waals surface area (Å²) in [4.78, 5) is 13.7. The molecule has 1 aromatic rings. The van der Waals surface area contributed by atoms with Crippen LogP contribution < -0.4 is 5.32 Å². The van der Waals surface area contributed by atoms with Gasteiger partial charge in [0.1, 0.15) is 11.8 Å². The van der Waals surface area contributed by atoms with E-state index in [1.54, 1.807) is 11.9 Å². The van der Waals surface area contributed by atoms with Crippen molar-refractivity contribution < 1.29 is 19.4 Å². The minimum absolute atomic E-state index is 0.0154. The topological polar surface area (TPSA) is 88.9 Å². The van der Waals surface area contributed by atoms with Gasteiger partial charge in [0.05, 0.1) is 11.8 Å². The summed E-state index contributed by atoms with van der Waals surface area (Å²) in [5.74, 6) is 0.279. The standard InChI is InChI=1S/C26H46N4O4/c1-25(2,3)34-24(32)29(6)15-14-27-13-11-20-18-30(22-9-7-8-16-33-22)28-23(20)19-10-12-26(4,5)21(31)17-19/h18-19,21-22,27,31H,7-17H2,1-6H3/t19-,21-,22?/m1/s1. The van der Waals surface area contributed by atoms with Crippen LogP contribution in [0.2, 0.25) is 0 Å². The molecule has 194 valence electrons. The molecule has 0 aromatic carbocycles. The molecule has 1 saturated heterocycles. The van der Waals surface area contributed by atoms with Gasteiger partial charge in [-0.3, -0.25) is 0 Å². The second-order valence-corrected chi connectivity index (χ2v) is 11.7. The van der Waals surface area contributed by atoms with E-state index in [-0.39, 0.29) is 29.8 Å². The molecule has 1 aliphatic heterocycles. The lowest BCUT2D eigenvalue weighted by Crippen LogP contribution is -2.38. The van der Waals surface area contributed by atoms with Gasteiger partial charge in [0, 0.05) is 38.9 Å². The average Bonchev–Trinajstić information content (AvgIpc) is 3.19. The number of ether oxygens (including phenoxy) is 2. The van der Waals surface area contributed by atoms with Crippen molar-refractivity contribution in [1.82, 2.24) is 20.0 Å². The highest BCUT2D eigenvalue weighted by atomic mass is 16.6. The Morgan fingerprint density at radius 1 is 1.32 bits per heavy atom. The third kappa shape index (κ3) is 7.43. The molecule has 3 atom stereocenters. The molecular formula is C26H46N4O4. The van der Waals surface area contributed by atoms with Gasteiger partial charge in [0.2, 0.25) is 0 Å². The lowest BCUT2D eigenvalue weighted by Gasteiger charge is -2.38. The zero-order valence-electron chi connectivity index (χ0n) is 22.1. The molecule has 2 heterocycles. The van der Waals surface area contributed by atoms with Crippen LogP contribution in [0.4, 0.5) is 4.79 Å². The van der Waals surface area contributed by atoms with Crippen molar-refractivity contribution in [3.8, 4) is 0 Å². The summed E-state index contributed by atoms with van der Waals surface area (Å²) in [6, 6.07) is 0. The molecule has 8 nitrogen and oxygen atoms in total. The Labute approximate surface area is 205 Å². The van der Waals surface area contributed by atoms with E-state index in [4.69, 9.17) is 14.6 Å². The number of nitrogens with one attached hydrogen (secondary N) is 1. The van der Waals surface area contributed by atoms with Gasteiger partial charge in [-0.15, -0.1) is 0 Å². The van der Waals surface area contributed by atoms with Crippen molar-refractivity contribution in [2.45, 2.75) is 103 Å². The van der Waals surface area contributed by atoms with Gasteiger partial charge in [-0.25, -0.2) is 9.48 Å². The van der Waals surface area contributed by atoms with Crippen molar-refractivity contribution in [1.29, 1.82) is 0 Å². The number of aliphatic hydroxyl groups is 1. The molecule has 1 unspecified atom stereocenters. The van der Waals surface area contributed by atoms with Crippen molar-refractivity contribution in [2.24, 2.45) is 5.41 Å². The highest BCUT2D eigenvalue weighted by Crippen LogP contribution is 2.43. The average molecular weight is 479 g/mol. The number of carbonyl (C=O) groups excluding carboxylic acids is 1. The smallest absolute Gasteiger partial charge is 0.410 e. The molecule has 1 amide bonds. The molecule has 2 aliphatic rings. The first-order chi connectivity index (χ1) is 16.0. The number of nitrogens with zero attached hydrogens (tertiary/aromatic N) is 3. The number of aliphatic hydroxyl groups excluding tert-OH is 1. The fourth-order valence-electron chi connectivity index (χ4n) is 4.75. The lowest BCUT2D eigenvalue weighted by atomic mass is 9.70. The van der Waals surface area contributed by atoms with Crippen molar-refractivity contribution >= 4 is 6.09 Å². The minimum atomic E-state index is -0.487. The van der Waals surface area contributed by atoms with Crippen LogP contribution in [0.15, 0.2) is 6.20 Å². The molecule has 0 radical (unpaired) electrons. The first-order valence-corrected chi connectivity index (χ1v) is 13.0. The van der Waals surface area contributed by atoms with Gasteiger partial charge in [-0.1, -0.05) is 13.8 Å². The van der Waals surface area contributed by atoms with Crippen LogP contribution in [0, 0.1) is 5.41 Å². The number of amides is 1. The molecule has 0 spiro atoms. The summed E-state index contributed by atoms with van der Waals surface area (Å²) in [6.45, 7) is 12.8. The van der Waals surface area contributed by atoms with Crippen LogP contribution in [0.5, 0.6) is 0 Å². The van der Waals surface area contributed by atoms with E-state index in [1.807, 2.05) is 25.5 Å². The van der Waals surface area contributed by atoms with Crippen LogP contribution in [0.25, 0.3) is 0 Å². The van der Waals surface area contributed by atoms with E-state index in [0.29, 0.717) is 13.1 Å². The molecule has 1 saturated carbocycles. The number of hydrogen-bond donors (Lipinski definition) is 2. The zero-order chi connectivity index (χ0) is 24.9. The van der Waals surface area contributed by atoms with E-state index in [9.17, 15) is 9.90 Å². The van der Waals surface area contributed by atoms with Crippen LogP contribution in [0.1, 0.15) is 96.5 Å². The second kappa shape index (κ2) is 11.4. The largest absolute Gasteiger partial charge is 0.444 e. The quantitative estimate of drug-likeness (QED) is 0.544. The normalized spacial score (nSPS) is 25.2. The molecule has 0 bridgehead atoms. The fourth-order valence-corrected chi connectivity index (χ4v) is 4.75. The third-order valence-electron chi connectivity index (χ3n) is 7.12. The molecule has 8 heteroatoms. The Bertz CT molecular complexity index is 795. The van der Waals surface area contributed by atoms with E-state index in [2.05, 4.69) is 25.4 Å². The predicted octanol–water partition coefficient (Wildman–Crippen LogP) is 4.24. The number of aromatic nitrogens is 2. The summed E-state index contributed by atoms with van der Waals surface area (Å²) in [6.07, 6.45) is 8.50. The first-order valence-electron chi connectivity index (χ1n) is 13.0. The van der Waals surface area contributed by atoms with Crippen LogP contribution in [-0.4, -0.2) is 70.9 Å². The van der Waals surface area contributed by atoms with Crippen LogP contribution >= 0.6 is 0 Å². The Hall–Kier alpha value is -1.64. The minimum Gasteiger partial charge on any atom is -0.444 e. The Morgan fingerprint density at radius 2 is 2.09 bits per heavy atom. The maximum atomic E-state index is 12.1. The van der Waals surface area contributed by atoms with Gasteiger partial charge in [0.25, 0.3) is 0 Å². The van der Waals surface area contributed by atoms with Crippen molar-refractivity contribution in [3.05, 3.63) is 17.5 Å². The summed E-state index contributed by atoms with van der Waals surface area (Å²) in [7, 11) is 1.76. The number of rotatable bonds is 8. The number of likely N-dealkylation sites (N-methyl/N-ethyl adjacent to an activating group) is 1. The Kier molecular flexibility index (Phi) is 9.04. The predicted molar refractivity (Wildman–Crippen MR) is 133 cm³/mol. The summed E-state index contributed by atoms with van der Waals surface area (Å²) in [5, 5.41) is 19.2. The molecule has 1 aliphatic carbocycles. The molecule has 34 heavy (non-hydrogen) atoms. The fraction of sp³-hybridized carbons (Fsp3) is 0.846. The van der Waals surface area contributed by atoms with Gasteiger partial charge in [0.15, 0.2) is 0 Å². The van der Waals surface area contributed by atoms with Crippen molar-refractivity contribution in [2.75, 3.05) is 33.3 Å². The highest BCUT2D eigenvalue weighted by molar-refractivity contribution is 5.67. The lowest BCUT2D eigenvalue weighted by molar-refractivity contribution is -0.0401. The monoisotopic (exact) mass is 478 g/mol. The van der Waals surface area contributed by atoms with E-state index in [0.717, 1.165) is 63.8 Å². The highest BCUT2D eigenvalue weighted by Gasteiger charge is 2.37. The maximum absolute atomic E-state index is 12.1. The molecular weight excluding hydrogens is 432 g/mol. The summed E-state index contributed by atoms with van der Waals surface area (Å²) >= 11 is 0. The molecule has 2 N–H and O–H groups in total. The molecule has 2 fully saturated rings. The second-order valence-electron chi connectivity index (χ2n) is 11.7. The van der Waals surface area contributed by atoms with E-state index >= 15 is 0 Å². The van der Waals surface area contributed by atoms with E-state index in [1.165, 1.54) is 5.56 Å². The maximum Gasteiger partial charge on any atom is 0.410 e. The van der Waals surface area contributed by atoms with Gasteiger partial charge >= 0.3 is 6.09 Å². The van der Waals surface area contributed by atoms with Crippen molar-refractivity contribution in [3.63, 3.8) is 0 Å². The summed E-state index contributed by atoms with van der Waals surface area (Å²) in [5.41, 5.74) is 1.84. The number of hydrogen-bond acceptors (Lipinski definition) is 6. The Morgan fingerprint density at radius 3 is 2.74 bits per heavy atom. The SMILES string of the molecule is CN(CCNCCc1cn(C2CCCCO2)nc1[C@@H]1CCC(C)(C)[C@H](O)C1)C(=O)OC(C)(C)C. The Balaban J connectivity index is 1.58. The number of carbonyl (C=O) groups is 1. The first kappa shape index (κ1) is 27.0. The van der Waals surface area contributed by atoms with Gasteiger partial charge in [-0.05, 0) is 83.2 Å².